The fourth-order valence-electron chi connectivity index (χ4n) is 1.56. The highest BCUT2D eigenvalue weighted by molar-refractivity contribution is 6.34. The van der Waals surface area contributed by atoms with Crippen molar-refractivity contribution in [1.82, 2.24) is 10.4 Å². The van der Waals surface area contributed by atoms with E-state index in [-0.39, 0.29) is 0 Å². The van der Waals surface area contributed by atoms with Crippen molar-refractivity contribution in [3.8, 4) is 0 Å². The van der Waals surface area contributed by atoms with Gasteiger partial charge in [-0.1, -0.05) is 30.3 Å². The number of nitrogens with one attached hydrogen (secondary N) is 1. The van der Waals surface area contributed by atoms with E-state index in [0.29, 0.717) is 5.71 Å². The maximum absolute atomic E-state index is 11.2. The minimum Gasteiger partial charge on any atom is -0.361 e. The summed E-state index contributed by atoms with van der Waals surface area (Å²) in [5.41, 5.74) is 9.07. The van der Waals surface area contributed by atoms with Crippen LogP contribution < -0.4 is 11.2 Å². The Morgan fingerprint density at radius 1 is 1.00 bits per heavy atom. The number of amides is 2. The van der Waals surface area contributed by atoms with Crippen LogP contribution in [0.2, 0.25) is 0 Å². The van der Waals surface area contributed by atoms with Crippen molar-refractivity contribution in [3.63, 3.8) is 0 Å². The van der Waals surface area contributed by atoms with E-state index >= 15 is 0 Å². The van der Waals surface area contributed by atoms with Crippen LogP contribution in [-0.4, -0.2) is 22.5 Å². The molecule has 0 aliphatic carbocycles. The van der Waals surface area contributed by atoms with Crippen LogP contribution in [0.25, 0.3) is 0 Å². The maximum atomic E-state index is 11.2. The highest BCUT2D eigenvalue weighted by Crippen LogP contribution is 2.09. The standard InChI is InChI=1S/C14H12N4O2/c15-13(19)14(20)18-17-12(10-4-2-1-3-5-10)11-6-8-16-9-7-11/h1-9H,(H2,15,19)(H,18,20). The highest BCUT2D eigenvalue weighted by atomic mass is 16.2. The summed E-state index contributed by atoms with van der Waals surface area (Å²) in [6, 6.07) is 12.8. The van der Waals surface area contributed by atoms with Crippen molar-refractivity contribution in [3.05, 3.63) is 66.0 Å². The largest absolute Gasteiger partial charge is 0.361 e. The van der Waals surface area contributed by atoms with Crippen LogP contribution >= 0.6 is 0 Å². The van der Waals surface area contributed by atoms with Crippen LogP contribution in [0.15, 0.2) is 60.0 Å². The van der Waals surface area contributed by atoms with E-state index < -0.39 is 11.8 Å². The number of hydrazone groups is 1. The Hall–Kier alpha value is -3.02. The first-order chi connectivity index (χ1) is 9.68. The van der Waals surface area contributed by atoms with E-state index in [1.165, 1.54) is 0 Å². The molecule has 0 unspecified atom stereocenters. The number of rotatable bonds is 3. The van der Waals surface area contributed by atoms with E-state index in [9.17, 15) is 9.59 Å². The molecular formula is C14H12N4O2. The molecule has 0 atom stereocenters. The Bertz CT molecular complexity index is 597. The third kappa shape index (κ3) is 3.26. The first kappa shape index (κ1) is 13.4. The third-order valence-corrected chi connectivity index (χ3v) is 2.49. The average molecular weight is 268 g/mol. The topological polar surface area (TPSA) is 97.4 Å². The third-order valence-electron chi connectivity index (χ3n) is 2.49. The van der Waals surface area contributed by atoms with Crippen molar-refractivity contribution in [1.29, 1.82) is 0 Å². The SMILES string of the molecule is NC(=O)C(=O)NN=C(c1ccccc1)c1ccncc1. The molecular weight excluding hydrogens is 256 g/mol. The lowest BCUT2D eigenvalue weighted by Crippen LogP contribution is -2.33. The zero-order valence-corrected chi connectivity index (χ0v) is 10.5. The van der Waals surface area contributed by atoms with Gasteiger partial charge in [-0.05, 0) is 12.1 Å². The van der Waals surface area contributed by atoms with Gasteiger partial charge in [0, 0.05) is 23.5 Å². The lowest BCUT2D eigenvalue weighted by Gasteiger charge is -2.06. The van der Waals surface area contributed by atoms with Gasteiger partial charge in [0.2, 0.25) is 0 Å². The van der Waals surface area contributed by atoms with Crippen molar-refractivity contribution in [2.75, 3.05) is 0 Å². The van der Waals surface area contributed by atoms with Crippen molar-refractivity contribution in [2.24, 2.45) is 10.8 Å². The van der Waals surface area contributed by atoms with Crippen LogP contribution in [0, 0.1) is 0 Å². The first-order valence-corrected chi connectivity index (χ1v) is 5.82. The van der Waals surface area contributed by atoms with Gasteiger partial charge in [-0.15, -0.1) is 0 Å². The number of primary amides is 1. The molecule has 1 aromatic carbocycles. The van der Waals surface area contributed by atoms with Gasteiger partial charge in [0.05, 0.1) is 5.71 Å². The summed E-state index contributed by atoms with van der Waals surface area (Å²) < 4.78 is 0. The van der Waals surface area contributed by atoms with Crippen molar-refractivity contribution < 1.29 is 9.59 Å². The van der Waals surface area contributed by atoms with Gasteiger partial charge in [0.15, 0.2) is 0 Å². The predicted octanol–water partition coefficient (Wildman–Crippen LogP) is 0.436. The molecule has 0 spiro atoms. The smallest absolute Gasteiger partial charge is 0.329 e. The molecule has 0 aliphatic rings. The van der Waals surface area contributed by atoms with E-state index in [0.717, 1.165) is 11.1 Å². The molecule has 0 aliphatic heterocycles. The molecule has 2 aromatic rings. The Labute approximate surface area is 115 Å². The van der Waals surface area contributed by atoms with Crippen LogP contribution in [0.4, 0.5) is 0 Å². The molecule has 100 valence electrons. The second-order valence-electron chi connectivity index (χ2n) is 3.87. The number of nitrogens with zero attached hydrogens (tertiary/aromatic N) is 2. The summed E-state index contributed by atoms with van der Waals surface area (Å²) in [5.74, 6) is -2.05. The van der Waals surface area contributed by atoms with E-state index in [1.54, 1.807) is 24.5 Å². The summed E-state index contributed by atoms with van der Waals surface area (Å²) in [4.78, 5) is 25.8. The fraction of sp³-hybridized carbons (Fsp3) is 0. The number of benzene rings is 1. The molecule has 0 fully saturated rings. The predicted molar refractivity (Wildman–Crippen MR) is 73.7 cm³/mol. The van der Waals surface area contributed by atoms with Gasteiger partial charge >= 0.3 is 11.8 Å². The quantitative estimate of drug-likeness (QED) is 0.480. The van der Waals surface area contributed by atoms with Crippen LogP contribution in [0.1, 0.15) is 11.1 Å². The maximum Gasteiger partial charge on any atom is 0.329 e. The van der Waals surface area contributed by atoms with E-state index in [2.05, 4.69) is 15.5 Å². The molecule has 0 radical (unpaired) electrons. The zero-order valence-electron chi connectivity index (χ0n) is 10.5. The highest BCUT2D eigenvalue weighted by Gasteiger charge is 2.10. The number of nitrogens with two attached hydrogens (primary N) is 1. The monoisotopic (exact) mass is 268 g/mol. The number of carbonyl (C=O) groups excluding carboxylic acids is 2. The van der Waals surface area contributed by atoms with Crippen molar-refractivity contribution in [2.45, 2.75) is 0 Å². The lowest BCUT2D eigenvalue weighted by molar-refractivity contribution is -0.137. The molecule has 0 bridgehead atoms. The second-order valence-corrected chi connectivity index (χ2v) is 3.87. The number of carbonyl (C=O) groups is 2. The zero-order chi connectivity index (χ0) is 14.4. The number of aromatic nitrogens is 1. The Balaban J connectivity index is 2.38. The van der Waals surface area contributed by atoms with E-state index in [1.807, 2.05) is 30.3 Å². The molecule has 2 rings (SSSR count). The van der Waals surface area contributed by atoms with Crippen LogP contribution in [0.3, 0.4) is 0 Å². The van der Waals surface area contributed by atoms with Gasteiger partial charge < -0.3 is 5.73 Å². The summed E-state index contributed by atoms with van der Waals surface area (Å²) in [5, 5.41) is 3.97. The van der Waals surface area contributed by atoms with E-state index in [4.69, 9.17) is 5.73 Å². The summed E-state index contributed by atoms with van der Waals surface area (Å²) >= 11 is 0. The van der Waals surface area contributed by atoms with Crippen LogP contribution in [-0.2, 0) is 9.59 Å². The Morgan fingerprint density at radius 3 is 2.20 bits per heavy atom. The normalized spacial score (nSPS) is 10.9. The summed E-state index contributed by atoms with van der Waals surface area (Å²) in [6.45, 7) is 0. The molecule has 1 aromatic heterocycles. The summed E-state index contributed by atoms with van der Waals surface area (Å²) in [7, 11) is 0. The number of pyridine rings is 1. The van der Waals surface area contributed by atoms with Gasteiger partial charge in [0.1, 0.15) is 0 Å². The molecule has 20 heavy (non-hydrogen) atoms. The van der Waals surface area contributed by atoms with Crippen molar-refractivity contribution >= 4 is 17.5 Å². The minimum atomic E-state index is -1.09. The first-order valence-electron chi connectivity index (χ1n) is 5.82. The van der Waals surface area contributed by atoms with Gasteiger partial charge in [0.25, 0.3) is 0 Å². The number of hydrogen-bond acceptors (Lipinski definition) is 4. The Kier molecular flexibility index (Phi) is 4.18. The molecule has 6 nitrogen and oxygen atoms in total. The van der Waals surface area contributed by atoms with Gasteiger partial charge in [-0.25, -0.2) is 5.43 Å². The van der Waals surface area contributed by atoms with Crippen LogP contribution in [0.5, 0.6) is 0 Å². The molecule has 1 heterocycles. The molecule has 3 N–H and O–H groups in total. The summed E-state index contributed by atoms with van der Waals surface area (Å²) in [6.07, 6.45) is 3.23. The van der Waals surface area contributed by atoms with Gasteiger partial charge in [-0.2, -0.15) is 5.10 Å². The van der Waals surface area contributed by atoms with Gasteiger partial charge in [-0.3, -0.25) is 14.6 Å². The average Bonchev–Trinajstić information content (AvgIpc) is 2.49. The lowest BCUT2D eigenvalue weighted by atomic mass is 10.0. The fourth-order valence-corrected chi connectivity index (χ4v) is 1.56. The molecule has 0 saturated carbocycles. The minimum absolute atomic E-state index is 0.516. The molecule has 0 saturated heterocycles. The molecule has 6 heteroatoms. The number of hydrogen-bond donors (Lipinski definition) is 2. The Morgan fingerprint density at radius 2 is 1.60 bits per heavy atom. The second kappa shape index (κ2) is 6.24. The molecule has 2 amide bonds.